The molecule has 1 aromatic rings. The first-order valence-electron chi connectivity index (χ1n) is 7.69. The molecule has 0 spiro atoms. The number of morpholine rings is 1. The molecule has 0 amide bonds. The summed E-state index contributed by atoms with van der Waals surface area (Å²) in [5.41, 5.74) is 9.90. The molecule has 1 saturated heterocycles. The molecule has 2 aliphatic rings. The van der Waals surface area contributed by atoms with E-state index in [0.29, 0.717) is 12.5 Å². The van der Waals surface area contributed by atoms with Crippen molar-refractivity contribution in [2.75, 3.05) is 38.6 Å². The topological polar surface area (TPSA) is 62.9 Å². The van der Waals surface area contributed by atoms with E-state index in [1.165, 1.54) is 30.4 Å². The number of hydrogen-bond donors (Lipinski definition) is 2. The molecule has 1 heterocycles. The molecule has 1 atom stereocenters. The summed E-state index contributed by atoms with van der Waals surface area (Å²) in [6.45, 7) is 3.28. The first kappa shape index (κ1) is 17.5. The zero-order chi connectivity index (χ0) is 14.7. The van der Waals surface area contributed by atoms with Crippen molar-refractivity contribution in [2.45, 2.75) is 25.4 Å². The van der Waals surface area contributed by atoms with Crippen LogP contribution < -0.4 is 11.1 Å². The monoisotopic (exact) mass is 416 g/mol. The van der Waals surface area contributed by atoms with Gasteiger partial charge < -0.3 is 20.7 Å². The molecule has 0 aromatic heterocycles. The summed E-state index contributed by atoms with van der Waals surface area (Å²) < 4.78 is 5.68. The second kappa shape index (κ2) is 8.12. The van der Waals surface area contributed by atoms with E-state index in [4.69, 9.17) is 10.5 Å². The van der Waals surface area contributed by atoms with Crippen LogP contribution in [0.2, 0.25) is 0 Å². The minimum absolute atomic E-state index is 0. The van der Waals surface area contributed by atoms with Gasteiger partial charge in [0.05, 0.1) is 19.3 Å². The second-order valence-corrected chi connectivity index (χ2v) is 5.94. The molecule has 1 aromatic carbocycles. The Morgan fingerprint density at radius 3 is 3.05 bits per heavy atom. The zero-order valence-corrected chi connectivity index (χ0v) is 15.4. The zero-order valence-electron chi connectivity index (χ0n) is 13.0. The maximum absolute atomic E-state index is 5.97. The van der Waals surface area contributed by atoms with Crippen molar-refractivity contribution >= 4 is 35.6 Å². The van der Waals surface area contributed by atoms with Gasteiger partial charge in [0.15, 0.2) is 5.96 Å². The average molecular weight is 416 g/mol. The molecule has 0 saturated carbocycles. The van der Waals surface area contributed by atoms with Crippen LogP contribution in [0.1, 0.15) is 17.5 Å². The molecule has 6 heteroatoms. The predicted molar refractivity (Wildman–Crippen MR) is 101 cm³/mol. The normalized spacial score (nSPS) is 22.0. The molecular formula is C16H25IN4O. The third-order valence-electron chi connectivity index (χ3n) is 4.18. The highest BCUT2D eigenvalue weighted by Crippen LogP contribution is 2.24. The average Bonchev–Trinajstić information content (AvgIpc) is 2.93. The lowest BCUT2D eigenvalue weighted by molar-refractivity contribution is -0.0136. The van der Waals surface area contributed by atoms with Crippen molar-refractivity contribution < 1.29 is 4.74 Å². The van der Waals surface area contributed by atoms with Crippen LogP contribution >= 0.6 is 24.0 Å². The van der Waals surface area contributed by atoms with Crippen LogP contribution in [0.3, 0.4) is 0 Å². The van der Waals surface area contributed by atoms with E-state index in [9.17, 15) is 0 Å². The van der Waals surface area contributed by atoms with Gasteiger partial charge in [-0.3, -0.25) is 4.99 Å². The highest BCUT2D eigenvalue weighted by atomic mass is 127. The number of aryl methyl sites for hydroxylation is 2. The Labute approximate surface area is 149 Å². The van der Waals surface area contributed by atoms with Crippen LogP contribution in [0.15, 0.2) is 23.2 Å². The summed E-state index contributed by atoms with van der Waals surface area (Å²) >= 11 is 0. The Bertz CT molecular complexity index is 535. The Hall–Kier alpha value is -0.860. The maximum Gasteiger partial charge on any atom is 0.193 e. The van der Waals surface area contributed by atoms with Crippen molar-refractivity contribution in [2.24, 2.45) is 10.7 Å². The Morgan fingerprint density at radius 2 is 2.23 bits per heavy atom. The summed E-state index contributed by atoms with van der Waals surface area (Å²) in [5, 5.41) is 3.18. The number of anilines is 1. The lowest BCUT2D eigenvalue weighted by Crippen LogP contribution is -2.41. The molecule has 1 unspecified atom stereocenters. The van der Waals surface area contributed by atoms with Gasteiger partial charge in [0.1, 0.15) is 0 Å². The van der Waals surface area contributed by atoms with Gasteiger partial charge in [-0.2, -0.15) is 0 Å². The fourth-order valence-corrected chi connectivity index (χ4v) is 3.01. The van der Waals surface area contributed by atoms with Crippen LogP contribution in [0.4, 0.5) is 5.69 Å². The van der Waals surface area contributed by atoms with Gasteiger partial charge in [0, 0.05) is 18.8 Å². The smallest absolute Gasteiger partial charge is 0.193 e. The van der Waals surface area contributed by atoms with Gasteiger partial charge >= 0.3 is 0 Å². The Kier molecular flexibility index (Phi) is 6.46. The van der Waals surface area contributed by atoms with Gasteiger partial charge in [0.25, 0.3) is 0 Å². The summed E-state index contributed by atoms with van der Waals surface area (Å²) in [6, 6.07) is 6.46. The fraction of sp³-hybridized carbons (Fsp3) is 0.562. The first-order chi connectivity index (χ1) is 10.2. The molecule has 22 heavy (non-hydrogen) atoms. The number of fused-ring (bicyclic) bond motifs is 1. The van der Waals surface area contributed by atoms with E-state index in [2.05, 4.69) is 40.5 Å². The maximum atomic E-state index is 5.97. The number of nitrogens with two attached hydrogens (primary N) is 1. The third kappa shape index (κ3) is 4.57. The quantitative estimate of drug-likeness (QED) is 0.449. The van der Waals surface area contributed by atoms with Gasteiger partial charge in [-0.25, -0.2) is 0 Å². The summed E-state index contributed by atoms with van der Waals surface area (Å²) in [4.78, 5) is 6.66. The molecule has 1 fully saturated rings. The highest BCUT2D eigenvalue weighted by molar-refractivity contribution is 14.0. The molecule has 122 valence electrons. The number of benzene rings is 1. The number of aliphatic imine (C=N–C) groups is 1. The van der Waals surface area contributed by atoms with Crippen molar-refractivity contribution in [3.63, 3.8) is 0 Å². The fourth-order valence-electron chi connectivity index (χ4n) is 3.01. The molecule has 1 aliphatic heterocycles. The minimum Gasteiger partial charge on any atom is -0.374 e. The van der Waals surface area contributed by atoms with Crippen LogP contribution in [0.5, 0.6) is 0 Å². The van der Waals surface area contributed by atoms with Crippen LogP contribution in [-0.4, -0.2) is 50.3 Å². The molecule has 5 nitrogen and oxygen atoms in total. The number of guanidine groups is 1. The summed E-state index contributed by atoms with van der Waals surface area (Å²) in [7, 11) is 2.10. The highest BCUT2D eigenvalue weighted by Gasteiger charge is 2.17. The molecule has 0 radical (unpaired) electrons. The van der Waals surface area contributed by atoms with E-state index >= 15 is 0 Å². The molecule has 3 rings (SSSR count). The molecular weight excluding hydrogens is 391 g/mol. The molecule has 3 N–H and O–H groups in total. The lowest BCUT2D eigenvalue weighted by Gasteiger charge is -2.29. The van der Waals surface area contributed by atoms with Gasteiger partial charge in [0.2, 0.25) is 0 Å². The van der Waals surface area contributed by atoms with E-state index in [-0.39, 0.29) is 30.1 Å². The van der Waals surface area contributed by atoms with Crippen LogP contribution in [0.25, 0.3) is 0 Å². The van der Waals surface area contributed by atoms with Crippen molar-refractivity contribution in [1.29, 1.82) is 0 Å². The number of halogens is 1. The van der Waals surface area contributed by atoms with E-state index < -0.39 is 0 Å². The van der Waals surface area contributed by atoms with E-state index in [1.807, 2.05) is 0 Å². The number of ether oxygens (including phenoxy) is 1. The van der Waals surface area contributed by atoms with Crippen molar-refractivity contribution in [3.05, 3.63) is 29.3 Å². The largest absolute Gasteiger partial charge is 0.374 e. The van der Waals surface area contributed by atoms with Crippen molar-refractivity contribution in [3.8, 4) is 0 Å². The van der Waals surface area contributed by atoms with Crippen LogP contribution in [0, 0.1) is 0 Å². The third-order valence-corrected chi connectivity index (χ3v) is 4.18. The number of rotatable bonds is 3. The number of likely N-dealkylation sites (N-methyl/N-ethyl adjacent to an activating group) is 1. The predicted octanol–water partition coefficient (Wildman–Crippen LogP) is 1.85. The van der Waals surface area contributed by atoms with Gasteiger partial charge in [-0.1, -0.05) is 6.07 Å². The molecule has 1 aliphatic carbocycles. The minimum atomic E-state index is 0. The SMILES string of the molecule is CN1CCOC(CN=C(N)Nc2ccc3c(c2)CCC3)C1.I. The van der Waals surface area contributed by atoms with E-state index in [0.717, 1.165) is 25.4 Å². The standard InChI is InChI=1S/C16H24N4O.HI/c1-20-7-8-21-15(11-20)10-18-16(17)19-14-6-5-12-3-2-4-13(12)9-14;/h5-6,9,15H,2-4,7-8,10-11H2,1H3,(H3,17,18,19);1H. The summed E-state index contributed by atoms with van der Waals surface area (Å²) in [6.07, 6.45) is 3.77. The molecule has 0 bridgehead atoms. The second-order valence-electron chi connectivity index (χ2n) is 5.94. The number of nitrogens with one attached hydrogen (secondary N) is 1. The van der Waals surface area contributed by atoms with Gasteiger partial charge in [-0.15, -0.1) is 24.0 Å². The number of nitrogens with zero attached hydrogens (tertiary/aromatic N) is 2. The van der Waals surface area contributed by atoms with Crippen molar-refractivity contribution in [1.82, 2.24) is 4.90 Å². The Morgan fingerprint density at radius 1 is 1.41 bits per heavy atom. The number of hydrogen-bond acceptors (Lipinski definition) is 3. The summed E-state index contributed by atoms with van der Waals surface area (Å²) in [5.74, 6) is 0.463. The first-order valence-corrected chi connectivity index (χ1v) is 7.69. The van der Waals surface area contributed by atoms with Crippen LogP contribution in [-0.2, 0) is 17.6 Å². The van der Waals surface area contributed by atoms with Gasteiger partial charge in [-0.05, 0) is 49.6 Å². The van der Waals surface area contributed by atoms with E-state index in [1.54, 1.807) is 0 Å². The lowest BCUT2D eigenvalue weighted by atomic mass is 10.1. The Balaban J connectivity index is 0.00000176.